The molecule has 1 heterocycles. The Labute approximate surface area is 196 Å². The number of carbonyl (C=O) groups is 1. The van der Waals surface area contributed by atoms with E-state index in [0.29, 0.717) is 41.5 Å². The third-order valence-corrected chi connectivity index (χ3v) is 9.87. The molecule has 0 atom stereocenters. The molecule has 7 heteroatoms. The minimum Gasteiger partial charge on any atom is -0.353 e. The molecule has 0 aliphatic heterocycles. The monoisotopic (exact) mass is 469 g/mol. The second-order valence-electron chi connectivity index (χ2n) is 11.0. The minimum atomic E-state index is -3.59. The molecule has 1 aromatic carbocycles. The van der Waals surface area contributed by atoms with Gasteiger partial charge in [0, 0.05) is 36.3 Å². The Bertz CT molecular complexity index is 1150. The SMILES string of the molecule is Cn1c(C2CC2)cc2ccc(S(=O)(=O)N[C@H]3CC[C@H](C(=O)NC(C4CC4)C4CC4)CC3)cc21. The van der Waals surface area contributed by atoms with Gasteiger partial charge in [-0.25, -0.2) is 13.1 Å². The molecule has 33 heavy (non-hydrogen) atoms. The Hall–Kier alpha value is -1.86. The van der Waals surface area contributed by atoms with Gasteiger partial charge < -0.3 is 9.88 Å². The Morgan fingerprint density at radius 1 is 0.939 bits per heavy atom. The number of benzene rings is 1. The maximum absolute atomic E-state index is 13.1. The molecule has 1 aromatic heterocycles. The average molecular weight is 470 g/mol. The van der Waals surface area contributed by atoms with Crippen LogP contribution in [0, 0.1) is 17.8 Å². The smallest absolute Gasteiger partial charge is 0.240 e. The summed E-state index contributed by atoms with van der Waals surface area (Å²) in [6.07, 6.45) is 10.4. The third kappa shape index (κ3) is 4.46. The number of carbonyl (C=O) groups excluding carboxylic acids is 1. The van der Waals surface area contributed by atoms with Gasteiger partial charge in [0.2, 0.25) is 15.9 Å². The summed E-state index contributed by atoms with van der Waals surface area (Å²) in [5.41, 5.74) is 2.27. The van der Waals surface area contributed by atoms with E-state index >= 15 is 0 Å². The van der Waals surface area contributed by atoms with Crippen molar-refractivity contribution in [2.24, 2.45) is 24.8 Å². The van der Waals surface area contributed by atoms with Gasteiger partial charge in [-0.1, -0.05) is 6.07 Å². The zero-order valence-electron chi connectivity index (χ0n) is 19.4. The number of aromatic nitrogens is 1. The van der Waals surface area contributed by atoms with Crippen LogP contribution in [-0.2, 0) is 21.9 Å². The maximum atomic E-state index is 13.1. The molecule has 0 saturated heterocycles. The van der Waals surface area contributed by atoms with Crippen molar-refractivity contribution in [1.29, 1.82) is 0 Å². The van der Waals surface area contributed by atoms with Gasteiger partial charge in [0.1, 0.15) is 0 Å². The summed E-state index contributed by atoms with van der Waals surface area (Å²) < 4.78 is 31.3. The number of fused-ring (bicyclic) bond motifs is 1. The molecule has 1 amide bonds. The van der Waals surface area contributed by atoms with Crippen LogP contribution < -0.4 is 10.0 Å². The highest BCUT2D eigenvalue weighted by molar-refractivity contribution is 7.89. The highest BCUT2D eigenvalue weighted by Gasteiger charge is 2.43. The largest absolute Gasteiger partial charge is 0.353 e. The Morgan fingerprint density at radius 3 is 2.21 bits per heavy atom. The molecule has 4 saturated carbocycles. The van der Waals surface area contributed by atoms with Gasteiger partial charge in [0.15, 0.2) is 0 Å². The van der Waals surface area contributed by atoms with Gasteiger partial charge in [-0.2, -0.15) is 0 Å². The van der Waals surface area contributed by atoms with E-state index < -0.39 is 10.0 Å². The van der Waals surface area contributed by atoms with Gasteiger partial charge >= 0.3 is 0 Å². The molecule has 2 aromatic rings. The van der Waals surface area contributed by atoms with Crippen LogP contribution >= 0.6 is 0 Å². The number of hydrogen-bond acceptors (Lipinski definition) is 3. The fraction of sp³-hybridized carbons (Fsp3) is 0.654. The van der Waals surface area contributed by atoms with Crippen LogP contribution in [-0.4, -0.2) is 31.0 Å². The number of amides is 1. The zero-order chi connectivity index (χ0) is 22.7. The molecule has 0 radical (unpaired) electrons. The molecule has 0 unspecified atom stereocenters. The average Bonchev–Trinajstić information content (AvgIpc) is 3.67. The number of rotatable bonds is 8. The number of aryl methyl sites for hydroxylation is 1. The van der Waals surface area contributed by atoms with Gasteiger partial charge in [-0.3, -0.25) is 4.79 Å². The van der Waals surface area contributed by atoms with E-state index in [1.807, 2.05) is 13.1 Å². The van der Waals surface area contributed by atoms with Gasteiger partial charge in [-0.15, -0.1) is 0 Å². The molecule has 6 rings (SSSR count). The van der Waals surface area contributed by atoms with Crippen LogP contribution in [0.1, 0.15) is 75.8 Å². The number of nitrogens with one attached hydrogen (secondary N) is 2. The van der Waals surface area contributed by atoms with Crippen molar-refractivity contribution < 1.29 is 13.2 Å². The van der Waals surface area contributed by atoms with Crippen molar-refractivity contribution in [2.45, 2.75) is 87.1 Å². The molecule has 4 aliphatic carbocycles. The van der Waals surface area contributed by atoms with E-state index in [1.165, 1.54) is 44.2 Å². The summed E-state index contributed by atoms with van der Waals surface area (Å²) in [4.78, 5) is 13.2. The summed E-state index contributed by atoms with van der Waals surface area (Å²) in [6, 6.07) is 7.93. The Morgan fingerprint density at radius 2 is 1.61 bits per heavy atom. The molecular formula is C26H35N3O3S. The summed E-state index contributed by atoms with van der Waals surface area (Å²) in [5, 5.41) is 4.45. The second kappa shape index (κ2) is 8.12. The van der Waals surface area contributed by atoms with Crippen molar-refractivity contribution in [1.82, 2.24) is 14.6 Å². The van der Waals surface area contributed by atoms with Crippen molar-refractivity contribution in [3.63, 3.8) is 0 Å². The molecule has 0 spiro atoms. The molecule has 178 valence electrons. The first-order valence-corrected chi connectivity index (χ1v) is 14.3. The van der Waals surface area contributed by atoms with Crippen LogP contribution in [0.2, 0.25) is 0 Å². The summed E-state index contributed by atoms with van der Waals surface area (Å²) in [5.74, 6) is 2.24. The predicted molar refractivity (Wildman–Crippen MR) is 128 cm³/mol. The third-order valence-electron chi connectivity index (χ3n) is 8.35. The molecule has 4 fully saturated rings. The van der Waals surface area contributed by atoms with E-state index in [1.54, 1.807) is 12.1 Å². The lowest BCUT2D eigenvalue weighted by Crippen LogP contribution is -2.44. The van der Waals surface area contributed by atoms with Crippen molar-refractivity contribution >= 4 is 26.8 Å². The first kappa shape index (κ1) is 21.7. The number of nitrogens with zero attached hydrogens (tertiary/aromatic N) is 1. The molecule has 2 N–H and O–H groups in total. The predicted octanol–water partition coefficient (Wildman–Crippen LogP) is 4.20. The van der Waals surface area contributed by atoms with E-state index in [-0.39, 0.29) is 17.9 Å². The second-order valence-corrected chi connectivity index (χ2v) is 12.7. The zero-order valence-corrected chi connectivity index (χ0v) is 20.2. The number of sulfonamides is 1. The van der Waals surface area contributed by atoms with Gasteiger partial charge in [0.05, 0.1) is 4.90 Å². The van der Waals surface area contributed by atoms with E-state index in [2.05, 4.69) is 20.7 Å². The van der Waals surface area contributed by atoms with Crippen LogP contribution in [0.3, 0.4) is 0 Å². The van der Waals surface area contributed by atoms with Crippen molar-refractivity contribution in [2.75, 3.05) is 0 Å². The van der Waals surface area contributed by atoms with E-state index in [4.69, 9.17) is 0 Å². The summed E-state index contributed by atoms with van der Waals surface area (Å²) >= 11 is 0. The van der Waals surface area contributed by atoms with Crippen LogP contribution in [0.4, 0.5) is 0 Å². The topological polar surface area (TPSA) is 80.2 Å². The first-order chi connectivity index (χ1) is 15.9. The highest BCUT2D eigenvalue weighted by atomic mass is 32.2. The lowest BCUT2D eigenvalue weighted by atomic mass is 9.85. The lowest BCUT2D eigenvalue weighted by molar-refractivity contribution is -0.127. The van der Waals surface area contributed by atoms with Crippen molar-refractivity contribution in [3.8, 4) is 0 Å². The highest BCUT2D eigenvalue weighted by Crippen LogP contribution is 2.45. The van der Waals surface area contributed by atoms with Crippen LogP contribution in [0.25, 0.3) is 10.9 Å². The summed E-state index contributed by atoms with van der Waals surface area (Å²) in [7, 11) is -1.56. The minimum absolute atomic E-state index is 0.0197. The van der Waals surface area contributed by atoms with E-state index in [9.17, 15) is 13.2 Å². The van der Waals surface area contributed by atoms with Gasteiger partial charge in [0.25, 0.3) is 0 Å². The number of hydrogen-bond donors (Lipinski definition) is 2. The first-order valence-electron chi connectivity index (χ1n) is 12.8. The Kier molecular flexibility index (Phi) is 5.33. The standard InChI is InChI=1S/C26H35N3O3S/c1-29-23(16-2-3-16)14-20-10-13-22(15-24(20)29)33(31,32)28-21-11-8-19(9-12-21)26(30)27-25(17-4-5-17)18-6-7-18/h10,13-19,21,25,28H,2-9,11-12H2,1H3,(H,27,30)/t19-,21-. The lowest BCUT2D eigenvalue weighted by Gasteiger charge is -2.29. The molecule has 4 aliphatic rings. The Balaban J connectivity index is 1.08. The van der Waals surface area contributed by atoms with Crippen molar-refractivity contribution in [3.05, 3.63) is 30.0 Å². The molecular weight excluding hydrogens is 434 g/mol. The normalized spacial score (nSPS) is 26.1. The van der Waals surface area contributed by atoms with Crippen LogP contribution in [0.5, 0.6) is 0 Å². The quantitative estimate of drug-likeness (QED) is 0.608. The van der Waals surface area contributed by atoms with Gasteiger partial charge in [-0.05, 0) is 106 Å². The van der Waals surface area contributed by atoms with E-state index in [0.717, 1.165) is 23.7 Å². The maximum Gasteiger partial charge on any atom is 0.240 e. The van der Waals surface area contributed by atoms with Crippen LogP contribution in [0.15, 0.2) is 29.2 Å². The molecule has 6 nitrogen and oxygen atoms in total. The summed E-state index contributed by atoms with van der Waals surface area (Å²) in [6.45, 7) is 0. The molecule has 0 bridgehead atoms. The fourth-order valence-corrected chi connectivity index (χ4v) is 7.17. The fourth-order valence-electron chi connectivity index (χ4n) is 5.84.